The van der Waals surface area contributed by atoms with Crippen molar-refractivity contribution in [2.45, 2.75) is 84.6 Å². The number of H-pyrrole nitrogens is 2. The maximum Gasteiger partial charge on any atom is 0.407 e. The van der Waals surface area contributed by atoms with Crippen LogP contribution in [-0.2, 0) is 30.4 Å². The number of alkyl carbamates (subject to hydrolysis) is 1. The molecule has 5 N–H and O–H groups in total. The van der Waals surface area contributed by atoms with Gasteiger partial charge in [0, 0.05) is 55.3 Å². The predicted octanol–water partition coefficient (Wildman–Crippen LogP) is 6.63. The fourth-order valence-electron chi connectivity index (χ4n) is 9.63. The Bertz CT molecular complexity index is 2460. The number of hydrogen-bond acceptors (Lipinski definition) is 10. The lowest BCUT2D eigenvalue weighted by Crippen LogP contribution is -2.53. The van der Waals surface area contributed by atoms with Crippen LogP contribution in [0.1, 0.15) is 76.6 Å². The highest BCUT2D eigenvalue weighted by atomic mass is 16.6. The van der Waals surface area contributed by atoms with Crippen LogP contribution in [0.4, 0.5) is 4.79 Å². The summed E-state index contributed by atoms with van der Waals surface area (Å²) in [6.07, 6.45) is 1.45. The molecule has 3 aromatic carbocycles. The van der Waals surface area contributed by atoms with E-state index in [0.29, 0.717) is 26.3 Å². The Morgan fingerprint density at radius 3 is 2.35 bits per heavy atom. The molecule has 2 fully saturated rings. The molecule has 3 aliphatic rings. The Morgan fingerprint density at radius 2 is 1.63 bits per heavy atom. The van der Waals surface area contributed by atoms with E-state index in [0.717, 1.165) is 79.7 Å². The van der Waals surface area contributed by atoms with E-state index in [-0.39, 0.29) is 47.6 Å². The fraction of sp³-hybridized carbons (Fsp3) is 0.489. The minimum absolute atomic E-state index is 0.0662. The Hall–Kier alpha value is -5.48. The number of nitrogens with one attached hydrogen (secondary N) is 4. The number of likely N-dealkylation sites (tertiary alicyclic amines) is 2. The molecule has 7 atom stereocenters. The molecule has 1 unspecified atom stereocenters. The monoisotopic (exact) mass is 849 g/mol. The third-order valence-electron chi connectivity index (χ3n) is 12.8. The normalized spacial score (nSPS) is 21.3. The number of nitrogens with zero attached hydrogens (tertiary/aromatic N) is 3. The number of imidazole rings is 1. The molecule has 15 nitrogen and oxygen atoms in total. The summed E-state index contributed by atoms with van der Waals surface area (Å²) in [5, 5.41) is 18.9. The number of aliphatic hydroxyl groups excluding tert-OH is 1. The van der Waals surface area contributed by atoms with Crippen molar-refractivity contribution in [1.82, 2.24) is 35.4 Å². The number of aromatic nitrogens is 3. The summed E-state index contributed by atoms with van der Waals surface area (Å²) in [6.45, 7) is 11.9. The molecule has 2 aromatic heterocycles. The second-order valence-electron chi connectivity index (χ2n) is 17.9. The first-order valence-electron chi connectivity index (χ1n) is 21.6. The second kappa shape index (κ2) is 17.7. The maximum atomic E-state index is 14.1. The molecule has 3 aliphatic heterocycles. The molecular formula is C47H59N7O8. The molecule has 5 aromatic rings. The molecule has 3 amide bonds. The second-order valence-corrected chi connectivity index (χ2v) is 17.9. The summed E-state index contributed by atoms with van der Waals surface area (Å²) in [5.41, 5.74) is 6.89. The lowest BCUT2D eigenvalue weighted by atomic mass is 9.92. The average molecular weight is 850 g/mol. The first-order chi connectivity index (χ1) is 29.8. The van der Waals surface area contributed by atoms with Crippen LogP contribution in [0.25, 0.3) is 44.1 Å². The van der Waals surface area contributed by atoms with Crippen LogP contribution in [0.15, 0.2) is 54.7 Å². The van der Waals surface area contributed by atoms with Crippen LogP contribution in [0, 0.1) is 23.7 Å². The number of rotatable bonds is 13. The van der Waals surface area contributed by atoms with Gasteiger partial charge in [0.2, 0.25) is 18.2 Å². The zero-order valence-electron chi connectivity index (χ0n) is 36.8. The summed E-state index contributed by atoms with van der Waals surface area (Å²) in [7, 11) is 4.37. The van der Waals surface area contributed by atoms with E-state index in [1.54, 1.807) is 7.11 Å². The van der Waals surface area contributed by atoms with Crippen LogP contribution in [0.3, 0.4) is 0 Å². The number of benzene rings is 3. The first-order valence-corrected chi connectivity index (χ1v) is 21.6. The summed E-state index contributed by atoms with van der Waals surface area (Å²) < 4.78 is 21.8. The van der Waals surface area contributed by atoms with Crippen LogP contribution in [0.5, 0.6) is 5.75 Å². The molecule has 0 saturated carbocycles. The molecule has 15 heteroatoms. The van der Waals surface area contributed by atoms with E-state index < -0.39 is 24.6 Å². The summed E-state index contributed by atoms with van der Waals surface area (Å²) in [5.74, 6) is 1.50. The predicted molar refractivity (Wildman–Crippen MR) is 235 cm³/mol. The minimum Gasteiger partial charge on any atom is -0.488 e. The Balaban J connectivity index is 1.05. The number of carbonyl (C=O) groups is 3. The number of aliphatic hydroxyl groups is 1. The number of amides is 3. The molecule has 0 radical (unpaired) electrons. The highest BCUT2D eigenvalue weighted by molar-refractivity contribution is 6.08. The smallest absolute Gasteiger partial charge is 0.407 e. The molecule has 330 valence electrons. The highest BCUT2D eigenvalue weighted by Gasteiger charge is 2.42. The van der Waals surface area contributed by atoms with Crippen LogP contribution in [-0.4, -0.2) is 107 Å². The van der Waals surface area contributed by atoms with Crippen molar-refractivity contribution >= 4 is 39.6 Å². The summed E-state index contributed by atoms with van der Waals surface area (Å²) in [4.78, 5) is 55.9. The van der Waals surface area contributed by atoms with E-state index >= 15 is 0 Å². The zero-order chi connectivity index (χ0) is 44.0. The number of aromatic amines is 2. The quantitative estimate of drug-likeness (QED) is 0.0807. The Morgan fingerprint density at radius 1 is 0.887 bits per heavy atom. The Kier molecular flexibility index (Phi) is 12.3. The van der Waals surface area contributed by atoms with Gasteiger partial charge >= 0.3 is 6.09 Å². The van der Waals surface area contributed by atoms with Crippen molar-refractivity contribution in [2.24, 2.45) is 23.7 Å². The van der Waals surface area contributed by atoms with E-state index in [2.05, 4.69) is 76.1 Å². The molecule has 0 bridgehead atoms. The largest absolute Gasteiger partial charge is 0.488 e. The number of ether oxygens (including phenoxy) is 4. The van der Waals surface area contributed by atoms with Crippen LogP contribution in [0.2, 0.25) is 0 Å². The van der Waals surface area contributed by atoms with E-state index in [1.807, 2.05) is 43.7 Å². The van der Waals surface area contributed by atoms with Crippen molar-refractivity contribution in [3.8, 4) is 28.1 Å². The molecule has 8 rings (SSSR count). The number of hydrogen-bond donors (Lipinski definition) is 5. The van der Waals surface area contributed by atoms with Gasteiger partial charge in [-0.3, -0.25) is 14.9 Å². The first kappa shape index (κ1) is 43.2. The molecule has 2 saturated heterocycles. The van der Waals surface area contributed by atoms with Gasteiger partial charge < -0.3 is 49.1 Å². The van der Waals surface area contributed by atoms with Crippen molar-refractivity contribution in [3.05, 3.63) is 71.8 Å². The van der Waals surface area contributed by atoms with Gasteiger partial charge in [-0.05, 0) is 76.9 Å². The van der Waals surface area contributed by atoms with Crippen molar-refractivity contribution < 1.29 is 38.4 Å². The number of fused-ring (bicyclic) bond motifs is 6. The van der Waals surface area contributed by atoms with Crippen molar-refractivity contribution in [1.29, 1.82) is 0 Å². The van der Waals surface area contributed by atoms with Crippen LogP contribution < -0.4 is 15.4 Å². The van der Waals surface area contributed by atoms with Crippen molar-refractivity contribution in [3.63, 3.8) is 0 Å². The molecule has 5 heterocycles. The average Bonchev–Trinajstić information content (AvgIpc) is 4.09. The topological polar surface area (TPSA) is 183 Å². The Labute approximate surface area is 361 Å². The van der Waals surface area contributed by atoms with Gasteiger partial charge in [0.1, 0.15) is 24.2 Å². The van der Waals surface area contributed by atoms with E-state index in [1.165, 1.54) is 14.2 Å². The molecule has 0 aliphatic carbocycles. The zero-order valence-corrected chi connectivity index (χ0v) is 36.8. The third-order valence-corrected chi connectivity index (χ3v) is 12.8. The third kappa shape index (κ3) is 8.26. The summed E-state index contributed by atoms with van der Waals surface area (Å²) >= 11 is 0. The van der Waals surface area contributed by atoms with Gasteiger partial charge in [0.25, 0.3) is 0 Å². The van der Waals surface area contributed by atoms with Gasteiger partial charge in [-0.1, -0.05) is 58.9 Å². The standard InChI is InChI=1S/C47H59N7O8/c1-24(2)40(51-46(57)60-7)44(55)53-20-26(5)13-38(53)43-48-19-36(50-43)29-11-12-32-31(15-29)23-62-39-18-33-28(16-34(32)39)9-10-30-17-35(49-42(30)33)37-14-27(22-59-6)21-54(37)45(56)41(25(3)4)52-47(58)61-8/h9-12,15-19,24-27,37-38,40-41,46,49,51,57H,13-14,20-23H2,1-8H3,(H,48,50)(H,52,58)/t26-,27-,37-,38-,40-,41-,46?/m0/s1. The van der Waals surface area contributed by atoms with Crippen LogP contribution >= 0.6 is 0 Å². The van der Waals surface area contributed by atoms with Gasteiger partial charge in [-0.2, -0.15) is 0 Å². The van der Waals surface area contributed by atoms with Crippen molar-refractivity contribution in [2.75, 3.05) is 41.0 Å². The highest BCUT2D eigenvalue weighted by Crippen LogP contribution is 2.44. The minimum atomic E-state index is -1.24. The molecule has 0 spiro atoms. The summed E-state index contributed by atoms with van der Waals surface area (Å²) in [6, 6.07) is 15.2. The number of methoxy groups -OCH3 is 3. The van der Waals surface area contributed by atoms with E-state index in [9.17, 15) is 19.5 Å². The van der Waals surface area contributed by atoms with Gasteiger partial charge in [0.15, 0.2) is 0 Å². The van der Waals surface area contributed by atoms with E-state index in [4.69, 9.17) is 23.9 Å². The van der Waals surface area contributed by atoms with Gasteiger partial charge in [-0.25, -0.2) is 9.78 Å². The number of carbonyl (C=O) groups excluding carboxylic acids is 3. The lowest BCUT2D eigenvalue weighted by Gasteiger charge is -2.31. The van der Waals surface area contributed by atoms with Gasteiger partial charge in [-0.15, -0.1) is 0 Å². The lowest BCUT2D eigenvalue weighted by molar-refractivity contribution is -0.145. The maximum absolute atomic E-state index is 14.1. The fourth-order valence-corrected chi connectivity index (χ4v) is 9.63. The molecular weight excluding hydrogens is 791 g/mol. The van der Waals surface area contributed by atoms with Gasteiger partial charge in [0.05, 0.1) is 49.2 Å². The SMILES string of the molecule is COC[C@H]1C[C@@H](c2cc3ccc4cc5c(cc4c3[nH]2)OCc2cc(-c3cnc([C@@H]4C[C@H](C)CN4C(=O)[C@@H](NC(O)OC)C(C)C)[nH]3)ccc2-5)N(C(=O)[C@@H](NC(=O)OC)C(C)C)C1. The molecule has 62 heavy (non-hydrogen) atoms.